The number of halogens is 2. The summed E-state index contributed by atoms with van der Waals surface area (Å²) in [5, 5.41) is 13.5. The van der Waals surface area contributed by atoms with E-state index in [-0.39, 0.29) is 22.1 Å². The van der Waals surface area contributed by atoms with Gasteiger partial charge in [0.25, 0.3) is 5.91 Å². The molecule has 1 amide bonds. The van der Waals surface area contributed by atoms with Crippen LogP contribution in [0.3, 0.4) is 0 Å². The zero-order valence-electron chi connectivity index (χ0n) is 11.5. The van der Waals surface area contributed by atoms with E-state index in [9.17, 15) is 14.3 Å². The minimum atomic E-state index is -0.479. The van der Waals surface area contributed by atoms with Crippen molar-refractivity contribution in [1.29, 1.82) is 0 Å². The molecule has 0 aromatic heterocycles. The molecule has 114 valence electrons. The summed E-state index contributed by atoms with van der Waals surface area (Å²) in [4.78, 5) is 11.8. The number of nitrogens with one attached hydrogen (secondary N) is 1. The third-order valence-corrected chi connectivity index (χ3v) is 3.04. The Morgan fingerprint density at radius 3 is 2.68 bits per heavy atom. The van der Waals surface area contributed by atoms with Crippen LogP contribution in [0.5, 0.6) is 11.5 Å². The van der Waals surface area contributed by atoms with Crippen molar-refractivity contribution >= 4 is 23.7 Å². The van der Waals surface area contributed by atoms with Gasteiger partial charge in [-0.3, -0.25) is 4.79 Å². The number of hydrogen-bond acceptors (Lipinski definition) is 4. The van der Waals surface area contributed by atoms with Crippen LogP contribution in [0.25, 0.3) is 0 Å². The lowest BCUT2D eigenvalue weighted by Crippen LogP contribution is -2.17. The van der Waals surface area contributed by atoms with Crippen molar-refractivity contribution < 1.29 is 19.0 Å². The minimum absolute atomic E-state index is 0.102. The third-order valence-electron chi connectivity index (χ3n) is 2.76. The minimum Gasteiger partial charge on any atom is -0.503 e. The molecule has 0 radical (unpaired) electrons. The summed E-state index contributed by atoms with van der Waals surface area (Å²) in [6.07, 6.45) is 1.34. The molecule has 2 rings (SSSR count). The lowest BCUT2D eigenvalue weighted by Gasteiger charge is -2.06. The molecule has 0 spiro atoms. The Morgan fingerprint density at radius 2 is 2.05 bits per heavy atom. The van der Waals surface area contributed by atoms with Gasteiger partial charge in [0.15, 0.2) is 11.5 Å². The lowest BCUT2D eigenvalue weighted by atomic mass is 10.2. The van der Waals surface area contributed by atoms with Gasteiger partial charge in [0.2, 0.25) is 0 Å². The second kappa shape index (κ2) is 6.91. The number of aromatic hydroxyl groups is 1. The van der Waals surface area contributed by atoms with Crippen LogP contribution in [0.4, 0.5) is 4.39 Å². The smallest absolute Gasteiger partial charge is 0.271 e. The maximum Gasteiger partial charge on any atom is 0.271 e. The molecule has 0 aliphatic heterocycles. The van der Waals surface area contributed by atoms with Crippen LogP contribution in [-0.2, 0) is 0 Å². The second-order valence-corrected chi connectivity index (χ2v) is 4.67. The molecule has 5 nitrogen and oxygen atoms in total. The van der Waals surface area contributed by atoms with E-state index in [4.69, 9.17) is 16.3 Å². The van der Waals surface area contributed by atoms with E-state index in [0.29, 0.717) is 5.56 Å². The van der Waals surface area contributed by atoms with Crippen molar-refractivity contribution in [3.63, 3.8) is 0 Å². The number of phenolic OH excluding ortho intramolecular Hbond substituents is 1. The lowest BCUT2D eigenvalue weighted by molar-refractivity contribution is 0.0955. The molecule has 22 heavy (non-hydrogen) atoms. The maximum absolute atomic E-state index is 12.8. The van der Waals surface area contributed by atoms with Gasteiger partial charge in [-0.25, -0.2) is 9.82 Å². The average molecular weight is 323 g/mol. The zero-order valence-corrected chi connectivity index (χ0v) is 12.3. The summed E-state index contributed by atoms with van der Waals surface area (Å²) in [5.74, 6) is -0.880. The fourth-order valence-electron chi connectivity index (χ4n) is 1.66. The van der Waals surface area contributed by atoms with Gasteiger partial charge in [0.05, 0.1) is 18.3 Å². The van der Waals surface area contributed by atoms with Crippen LogP contribution >= 0.6 is 11.6 Å². The normalized spacial score (nSPS) is 10.7. The summed E-state index contributed by atoms with van der Waals surface area (Å²) in [6, 6.07) is 8.04. The highest BCUT2D eigenvalue weighted by Crippen LogP contribution is 2.34. The summed E-state index contributed by atoms with van der Waals surface area (Å²) in [5.41, 5.74) is 3.10. The molecule has 0 aliphatic rings. The molecule has 0 bridgehead atoms. The Bertz CT molecular complexity index is 717. The quantitative estimate of drug-likeness (QED) is 0.671. The van der Waals surface area contributed by atoms with Crippen molar-refractivity contribution in [2.75, 3.05) is 7.11 Å². The predicted octanol–water partition coefficient (Wildman–Crippen LogP) is 2.96. The zero-order chi connectivity index (χ0) is 16.1. The number of rotatable bonds is 4. The first kappa shape index (κ1) is 15.8. The Labute approximate surface area is 131 Å². The number of hydrazone groups is 1. The number of carbonyl (C=O) groups excluding carboxylic acids is 1. The van der Waals surface area contributed by atoms with Gasteiger partial charge in [-0.05, 0) is 42.0 Å². The molecule has 2 aromatic carbocycles. The summed E-state index contributed by atoms with van der Waals surface area (Å²) in [6.45, 7) is 0. The first-order valence-corrected chi connectivity index (χ1v) is 6.54. The molecular formula is C15H12ClFN2O3. The van der Waals surface area contributed by atoms with E-state index in [1.165, 1.54) is 49.7 Å². The third kappa shape index (κ3) is 3.73. The SMILES string of the molecule is COc1cc(/C=N/NC(=O)c2ccc(F)cc2)cc(Cl)c1O. The molecule has 0 aliphatic carbocycles. The molecule has 0 saturated heterocycles. The van der Waals surface area contributed by atoms with Gasteiger partial charge < -0.3 is 9.84 Å². The van der Waals surface area contributed by atoms with Gasteiger partial charge in [-0.1, -0.05) is 11.6 Å². The summed E-state index contributed by atoms with van der Waals surface area (Å²) < 4.78 is 17.7. The number of ether oxygens (including phenoxy) is 1. The fraction of sp³-hybridized carbons (Fsp3) is 0.0667. The van der Waals surface area contributed by atoms with Crippen molar-refractivity contribution in [3.8, 4) is 11.5 Å². The van der Waals surface area contributed by atoms with E-state index in [1.54, 1.807) is 0 Å². The molecule has 2 N–H and O–H groups in total. The number of benzene rings is 2. The van der Waals surface area contributed by atoms with Crippen LogP contribution in [-0.4, -0.2) is 24.3 Å². The van der Waals surface area contributed by atoms with Crippen molar-refractivity contribution in [2.45, 2.75) is 0 Å². The highest BCUT2D eigenvalue weighted by Gasteiger charge is 2.08. The number of methoxy groups -OCH3 is 1. The predicted molar refractivity (Wildman–Crippen MR) is 81.1 cm³/mol. The molecule has 0 unspecified atom stereocenters. The maximum atomic E-state index is 12.8. The summed E-state index contributed by atoms with van der Waals surface area (Å²) >= 11 is 5.84. The van der Waals surface area contributed by atoms with Gasteiger partial charge in [-0.15, -0.1) is 0 Å². The molecule has 7 heteroatoms. The number of nitrogens with zero attached hydrogens (tertiary/aromatic N) is 1. The highest BCUT2D eigenvalue weighted by atomic mass is 35.5. The Hall–Kier alpha value is -2.60. The topological polar surface area (TPSA) is 70.9 Å². The van der Waals surface area contributed by atoms with Crippen LogP contribution in [0.2, 0.25) is 5.02 Å². The largest absolute Gasteiger partial charge is 0.503 e. The molecule has 0 saturated carbocycles. The number of hydrogen-bond donors (Lipinski definition) is 2. The van der Waals surface area contributed by atoms with Gasteiger partial charge >= 0.3 is 0 Å². The number of amides is 1. The Balaban J connectivity index is 2.08. The first-order valence-electron chi connectivity index (χ1n) is 6.16. The fourth-order valence-corrected chi connectivity index (χ4v) is 1.87. The molecule has 2 aromatic rings. The number of carbonyl (C=O) groups is 1. The highest BCUT2D eigenvalue weighted by molar-refractivity contribution is 6.32. The average Bonchev–Trinajstić information content (AvgIpc) is 2.51. The molecule has 0 heterocycles. The molecule has 0 atom stereocenters. The second-order valence-electron chi connectivity index (χ2n) is 4.26. The molecular weight excluding hydrogens is 311 g/mol. The van der Waals surface area contributed by atoms with Crippen LogP contribution in [0.1, 0.15) is 15.9 Å². The van der Waals surface area contributed by atoms with Gasteiger partial charge in [-0.2, -0.15) is 5.10 Å². The van der Waals surface area contributed by atoms with Crippen LogP contribution in [0.15, 0.2) is 41.5 Å². The Morgan fingerprint density at radius 1 is 1.36 bits per heavy atom. The van der Waals surface area contributed by atoms with Crippen molar-refractivity contribution in [2.24, 2.45) is 5.10 Å². The van der Waals surface area contributed by atoms with E-state index in [0.717, 1.165) is 0 Å². The molecule has 0 fully saturated rings. The van der Waals surface area contributed by atoms with E-state index in [1.807, 2.05) is 0 Å². The standard InChI is InChI=1S/C15H12ClFN2O3/c1-22-13-7-9(6-12(16)14(13)20)8-18-19-15(21)10-2-4-11(17)5-3-10/h2-8,20H,1H3,(H,19,21)/b18-8+. The van der Waals surface area contributed by atoms with Gasteiger partial charge in [0.1, 0.15) is 5.82 Å². The Kier molecular flexibility index (Phi) is 4.95. The van der Waals surface area contributed by atoms with Gasteiger partial charge in [0, 0.05) is 5.56 Å². The van der Waals surface area contributed by atoms with Crippen molar-refractivity contribution in [3.05, 3.63) is 58.4 Å². The van der Waals surface area contributed by atoms with Crippen LogP contribution in [0, 0.1) is 5.82 Å². The number of phenols is 1. The van der Waals surface area contributed by atoms with E-state index in [2.05, 4.69) is 10.5 Å². The first-order chi connectivity index (χ1) is 10.5. The monoisotopic (exact) mass is 322 g/mol. The van der Waals surface area contributed by atoms with E-state index >= 15 is 0 Å². The summed E-state index contributed by atoms with van der Waals surface area (Å²) in [7, 11) is 1.39. The van der Waals surface area contributed by atoms with Crippen LogP contribution < -0.4 is 10.2 Å². The van der Waals surface area contributed by atoms with Crippen molar-refractivity contribution in [1.82, 2.24) is 5.43 Å². The van der Waals surface area contributed by atoms with E-state index < -0.39 is 11.7 Å².